The molecular weight excluding hydrogens is 390 g/mol. The molecule has 0 saturated carbocycles. The smallest absolute Gasteiger partial charge is 0.168 e. The van der Waals surface area contributed by atoms with Gasteiger partial charge in [-0.1, -0.05) is 0 Å². The highest BCUT2D eigenvalue weighted by atomic mass is 15.1. The van der Waals surface area contributed by atoms with Gasteiger partial charge in [0.25, 0.3) is 0 Å². The third kappa shape index (κ3) is 6.05. The Morgan fingerprint density at radius 2 is 0.500 bits per heavy atom. The average Bonchev–Trinajstić information content (AvgIpc) is 2.65. The standard InChI is InChI=1S/C6H10N4.C5H9N5.C4H8N6/c7-3-1-4(8)6(10)2-5(3)9;6-2-1-3(7)5(9)10-4(2)8;5-1-2(6)10-4(8)3(7)9-1/h1-2H,7-10H2;1H,6-7H2,(H4,8,9,10);(H4,5,7,9)(H4,6,8,10). The van der Waals surface area contributed by atoms with Crippen LogP contribution < -0.4 is 68.8 Å². The van der Waals surface area contributed by atoms with Gasteiger partial charge in [-0.15, -0.1) is 0 Å². The van der Waals surface area contributed by atoms with Crippen LogP contribution in [-0.2, 0) is 0 Å². The molecule has 2 aromatic heterocycles. The highest BCUT2D eigenvalue weighted by molar-refractivity contribution is 5.78. The van der Waals surface area contributed by atoms with Crippen molar-refractivity contribution in [1.29, 1.82) is 0 Å². The largest absolute Gasteiger partial charge is 0.397 e. The topological polar surface area (TPSA) is 351 Å². The molecule has 3 rings (SSSR count). The minimum absolute atomic E-state index is 0.103. The normalized spacial score (nSPS) is 9.60. The van der Waals surface area contributed by atoms with Gasteiger partial charge in [0.15, 0.2) is 23.3 Å². The lowest BCUT2D eigenvalue weighted by Crippen LogP contribution is -2.07. The van der Waals surface area contributed by atoms with E-state index in [0.717, 1.165) is 0 Å². The lowest BCUT2D eigenvalue weighted by Gasteiger charge is -2.03. The first kappa shape index (κ1) is 23.1. The molecule has 0 unspecified atom stereocenters. The number of pyridine rings is 1. The zero-order valence-corrected chi connectivity index (χ0v) is 16.0. The van der Waals surface area contributed by atoms with Crippen LogP contribution >= 0.6 is 0 Å². The summed E-state index contributed by atoms with van der Waals surface area (Å²) in [4.78, 5) is 10.9. The van der Waals surface area contributed by atoms with E-state index in [9.17, 15) is 0 Å². The maximum Gasteiger partial charge on any atom is 0.168 e. The molecule has 0 atom stereocenters. The molecule has 3 aromatic rings. The Balaban J connectivity index is 0.000000225. The quantitative estimate of drug-likeness (QED) is 0.180. The molecule has 0 bridgehead atoms. The van der Waals surface area contributed by atoms with Gasteiger partial charge < -0.3 is 68.8 Å². The van der Waals surface area contributed by atoms with E-state index in [1.807, 2.05) is 0 Å². The summed E-state index contributed by atoms with van der Waals surface area (Å²) in [6.45, 7) is 0. The van der Waals surface area contributed by atoms with Crippen LogP contribution in [0.25, 0.3) is 0 Å². The number of nitrogens with two attached hydrogens (primary N) is 12. The Kier molecular flexibility index (Phi) is 7.16. The van der Waals surface area contributed by atoms with Crippen LogP contribution in [0.1, 0.15) is 0 Å². The van der Waals surface area contributed by atoms with E-state index in [0.29, 0.717) is 34.1 Å². The number of rotatable bonds is 0. The number of nitrogens with zero attached hydrogens (tertiary/aromatic N) is 3. The number of benzene rings is 1. The highest BCUT2D eigenvalue weighted by Crippen LogP contribution is 2.24. The molecule has 0 fully saturated rings. The summed E-state index contributed by atoms with van der Waals surface area (Å²) in [5, 5.41) is 0. The van der Waals surface area contributed by atoms with Crippen LogP contribution in [-0.4, -0.2) is 15.0 Å². The molecule has 0 spiro atoms. The van der Waals surface area contributed by atoms with Gasteiger partial charge in [0.1, 0.15) is 11.6 Å². The minimum atomic E-state index is 0.103. The molecule has 30 heavy (non-hydrogen) atoms. The van der Waals surface area contributed by atoms with E-state index in [-0.39, 0.29) is 34.9 Å². The third-order valence-corrected chi connectivity index (χ3v) is 3.44. The van der Waals surface area contributed by atoms with E-state index in [2.05, 4.69) is 15.0 Å². The summed E-state index contributed by atoms with van der Waals surface area (Å²) in [5.41, 5.74) is 66.7. The number of hydrogen-bond donors (Lipinski definition) is 12. The van der Waals surface area contributed by atoms with Gasteiger partial charge in [0, 0.05) is 0 Å². The summed E-state index contributed by atoms with van der Waals surface area (Å²) in [7, 11) is 0. The predicted molar refractivity (Wildman–Crippen MR) is 126 cm³/mol. The molecule has 0 radical (unpaired) electrons. The molecule has 15 heteroatoms. The second kappa shape index (κ2) is 9.31. The van der Waals surface area contributed by atoms with Crippen molar-refractivity contribution < 1.29 is 0 Å². The molecule has 0 aliphatic carbocycles. The van der Waals surface area contributed by atoms with Crippen molar-refractivity contribution in [3.63, 3.8) is 0 Å². The van der Waals surface area contributed by atoms with E-state index >= 15 is 0 Å². The summed E-state index contributed by atoms with van der Waals surface area (Å²) < 4.78 is 0. The van der Waals surface area contributed by atoms with Gasteiger partial charge in [-0.2, -0.15) is 0 Å². The summed E-state index contributed by atoms with van der Waals surface area (Å²) in [6, 6.07) is 4.58. The molecule has 0 aliphatic rings. The van der Waals surface area contributed by atoms with E-state index in [1.54, 1.807) is 12.1 Å². The van der Waals surface area contributed by atoms with Crippen molar-refractivity contribution in [2.75, 3.05) is 68.8 Å². The molecule has 0 aliphatic heterocycles. The van der Waals surface area contributed by atoms with Crippen LogP contribution in [0.2, 0.25) is 0 Å². The lowest BCUT2D eigenvalue weighted by atomic mass is 10.2. The van der Waals surface area contributed by atoms with E-state index in [1.165, 1.54) is 6.07 Å². The van der Waals surface area contributed by atoms with Crippen LogP contribution in [0.5, 0.6) is 0 Å². The molecule has 0 amide bonds. The van der Waals surface area contributed by atoms with E-state index < -0.39 is 0 Å². The first-order valence-corrected chi connectivity index (χ1v) is 8.04. The van der Waals surface area contributed by atoms with Crippen molar-refractivity contribution in [1.82, 2.24) is 15.0 Å². The maximum atomic E-state index is 5.43. The Morgan fingerprint density at radius 1 is 0.300 bits per heavy atom. The van der Waals surface area contributed by atoms with Gasteiger partial charge in [-0.05, 0) is 18.2 Å². The zero-order chi connectivity index (χ0) is 23.2. The Bertz CT molecular complexity index is 751. The monoisotopic (exact) mass is 417 g/mol. The molecule has 162 valence electrons. The van der Waals surface area contributed by atoms with Crippen molar-refractivity contribution in [2.24, 2.45) is 0 Å². The molecule has 2 heterocycles. The first-order chi connectivity index (χ1) is 13.8. The first-order valence-electron chi connectivity index (χ1n) is 8.04. The van der Waals surface area contributed by atoms with Crippen molar-refractivity contribution in [3.8, 4) is 0 Å². The second-order valence-corrected chi connectivity index (χ2v) is 5.81. The fraction of sp³-hybridized carbons (Fsp3) is 0. The van der Waals surface area contributed by atoms with Crippen LogP contribution in [0.3, 0.4) is 0 Å². The van der Waals surface area contributed by atoms with Gasteiger partial charge >= 0.3 is 0 Å². The summed E-state index contributed by atoms with van der Waals surface area (Å²) >= 11 is 0. The number of anilines is 12. The minimum Gasteiger partial charge on any atom is -0.397 e. The second-order valence-electron chi connectivity index (χ2n) is 5.81. The Morgan fingerprint density at radius 3 is 0.733 bits per heavy atom. The van der Waals surface area contributed by atoms with Crippen LogP contribution in [0.15, 0.2) is 18.2 Å². The molecule has 24 N–H and O–H groups in total. The van der Waals surface area contributed by atoms with E-state index in [4.69, 9.17) is 68.8 Å². The fourth-order valence-corrected chi connectivity index (χ4v) is 1.73. The lowest BCUT2D eigenvalue weighted by molar-refractivity contribution is 1.24. The molecule has 0 saturated heterocycles. The number of hydrogen-bond acceptors (Lipinski definition) is 15. The Hall–Kier alpha value is -4.95. The summed E-state index contributed by atoms with van der Waals surface area (Å²) in [6.07, 6.45) is 0. The van der Waals surface area contributed by atoms with Crippen LogP contribution in [0, 0.1) is 0 Å². The molecular formula is C15H27N15. The molecule has 1 aromatic carbocycles. The van der Waals surface area contributed by atoms with Crippen molar-refractivity contribution in [3.05, 3.63) is 18.2 Å². The van der Waals surface area contributed by atoms with Crippen molar-refractivity contribution in [2.45, 2.75) is 0 Å². The van der Waals surface area contributed by atoms with Crippen LogP contribution in [0.4, 0.5) is 69.0 Å². The SMILES string of the molecule is Nc1cc(N)c(N)cc1N.Nc1cc(N)c(N)nc1N.Nc1nc(N)c(N)nc1N. The number of nitrogen functional groups attached to an aromatic ring is 12. The zero-order valence-electron chi connectivity index (χ0n) is 16.0. The maximum absolute atomic E-state index is 5.43. The van der Waals surface area contributed by atoms with Gasteiger partial charge in [-0.25, -0.2) is 15.0 Å². The highest BCUT2D eigenvalue weighted by Gasteiger charge is 2.02. The predicted octanol–water partition coefficient (Wildman–Crippen LogP) is -1.77. The Labute approximate surface area is 171 Å². The van der Waals surface area contributed by atoms with Crippen molar-refractivity contribution >= 4 is 69.0 Å². The van der Waals surface area contributed by atoms with Gasteiger partial charge in [0.2, 0.25) is 0 Å². The summed E-state index contributed by atoms with van der Waals surface area (Å²) in [5.74, 6) is 0.843. The van der Waals surface area contributed by atoms with Gasteiger partial charge in [0.05, 0.1) is 34.1 Å². The number of aromatic nitrogens is 3. The third-order valence-electron chi connectivity index (χ3n) is 3.44. The fourth-order valence-electron chi connectivity index (χ4n) is 1.73. The average molecular weight is 417 g/mol. The molecule has 15 nitrogen and oxygen atoms in total. The van der Waals surface area contributed by atoms with Gasteiger partial charge in [-0.3, -0.25) is 0 Å².